The molecule has 1 amide bonds. The molecule has 0 spiro atoms. The molecule has 0 atom stereocenters. The zero-order valence-corrected chi connectivity index (χ0v) is 8.30. The van der Waals surface area contributed by atoms with Gasteiger partial charge in [-0.25, -0.2) is 0 Å². The number of rotatable bonds is 5. The van der Waals surface area contributed by atoms with Crippen molar-refractivity contribution in [2.75, 3.05) is 26.2 Å². The van der Waals surface area contributed by atoms with Crippen molar-refractivity contribution < 1.29 is 9.53 Å². The number of nitriles is 1. The third-order valence-electron chi connectivity index (χ3n) is 2.11. The van der Waals surface area contributed by atoms with Crippen LogP contribution >= 0.6 is 0 Å². The van der Waals surface area contributed by atoms with E-state index >= 15 is 0 Å². The molecule has 1 fully saturated rings. The van der Waals surface area contributed by atoms with Gasteiger partial charge < -0.3 is 15.4 Å². The third-order valence-corrected chi connectivity index (χ3v) is 2.11. The highest BCUT2D eigenvalue weighted by atomic mass is 16.5. The fourth-order valence-corrected chi connectivity index (χ4v) is 1.13. The van der Waals surface area contributed by atoms with Crippen LogP contribution in [0.3, 0.4) is 0 Å². The summed E-state index contributed by atoms with van der Waals surface area (Å²) in [4.78, 5) is 11.1. The summed E-state index contributed by atoms with van der Waals surface area (Å²) in [7, 11) is 0. The first-order valence-electron chi connectivity index (χ1n) is 4.65. The highest BCUT2D eigenvalue weighted by molar-refractivity contribution is 5.77. The molecule has 0 radical (unpaired) electrons. The van der Waals surface area contributed by atoms with Gasteiger partial charge in [0.2, 0.25) is 5.91 Å². The average Bonchev–Trinajstić information content (AvgIpc) is 2.12. The van der Waals surface area contributed by atoms with Crippen LogP contribution in [0.5, 0.6) is 0 Å². The van der Waals surface area contributed by atoms with E-state index in [1.165, 1.54) is 0 Å². The lowest BCUT2D eigenvalue weighted by molar-refractivity contribution is -0.135. The summed E-state index contributed by atoms with van der Waals surface area (Å²) in [6, 6.07) is 1.95. The lowest BCUT2D eigenvalue weighted by Gasteiger charge is -2.38. The molecule has 1 heterocycles. The second-order valence-corrected chi connectivity index (χ2v) is 3.60. The van der Waals surface area contributed by atoms with Crippen molar-refractivity contribution in [1.29, 1.82) is 5.26 Å². The molecular formula is C9H15N3O2. The molecule has 78 valence electrons. The number of carbonyl (C=O) groups is 1. The minimum atomic E-state index is -0.188. The van der Waals surface area contributed by atoms with Crippen LogP contribution in [-0.4, -0.2) is 37.7 Å². The van der Waals surface area contributed by atoms with E-state index < -0.39 is 0 Å². The van der Waals surface area contributed by atoms with E-state index in [-0.39, 0.29) is 18.1 Å². The molecule has 0 saturated carbocycles. The van der Waals surface area contributed by atoms with Crippen LogP contribution in [-0.2, 0) is 9.53 Å². The quantitative estimate of drug-likeness (QED) is 0.577. The highest BCUT2D eigenvalue weighted by Crippen LogP contribution is 2.14. The van der Waals surface area contributed by atoms with Gasteiger partial charge in [0.05, 0.1) is 18.1 Å². The molecular weight excluding hydrogens is 182 g/mol. The average molecular weight is 197 g/mol. The Morgan fingerprint density at radius 3 is 2.93 bits per heavy atom. The summed E-state index contributed by atoms with van der Waals surface area (Å²) >= 11 is 0. The fraction of sp³-hybridized carbons (Fsp3) is 0.778. The van der Waals surface area contributed by atoms with Crippen LogP contribution < -0.4 is 10.6 Å². The van der Waals surface area contributed by atoms with Crippen LogP contribution in [0.1, 0.15) is 13.3 Å². The normalized spacial score (nSPS) is 18.0. The maximum Gasteiger partial charge on any atom is 0.246 e. The minimum absolute atomic E-state index is 0.0730. The maximum atomic E-state index is 11.1. The summed E-state index contributed by atoms with van der Waals surface area (Å²) in [5.41, 5.74) is -0.188. The number of carbonyl (C=O) groups excluding carboxylic acids is 1. The van der Waals surface area contributed by atoms with Gasteiger partial charge in [-0.1, -0.05) is 0 Å². The Labute approximate surface area is 83.4 Å². The molecule has 0 aromatic carbocycles. The zero-order valence-electron chi connectivity index (χ0n) is 8.30. The van der Waals surface area contributed by atoms with Crippen LogP contribution in [0, 0.1) is 11.3 Å². The Balaban J connectivity index is 2.06. The van der Waals surface area contributed by atoms with E-state index in [4.69, 9.17) is 10.00 Å². The van der Waals surface area contributed by atoms with Gasteiger partial charge >= 0.3 is 0 Å². The van der Waals surface area contributed by atoms with Crippen molar-refractivity contribution in [2.45, 2.75) is 18.9 Å². The second-order valence-electron chi connectivity index (χ2n) is 3.60. The second kappa shape index (κ2) is 4.94. The molecule has 1 saturated heterocycles. The van der Waals surface area contributed by atoms with Crippen molar-refractivity contribution in [3.05, 3.63) is 0 Å². The smallest absolute Gasteiger partial charge is 0.246 e. The van der Waals surface area contributed by atoms with Crippen molar-refractivity contribution in [1.82, 2.24) is 10.6 Å². The fourth-order valence-electron chi connectivity index (χ4n) is 1.13. The van der Waals surface area contributed by atoms with Crippen LogP contribution in [0.4, 0.5) is 0 Å². The Bertz CT molecular complexity index is 243. The van der Waals surface area contributed by atoms with Gasteiger partial charge in [0, 0.05) is 19.6 Å². The topological polar surface area (TPSA) is 74.1 Å². The van der Waals surface area contributed by atoms with Gasteiger partial charge in [0.25, 0.3) is 0 Å². The number of nitrogens with zero attached hydrogens (tertiary/aromatic N) is 1. The summed E-state index contributed by atoms with van der Waals surface area (Å²) in [6.45, 7) is 4.01. The molecule has 5 nitrogen and oxygen atoms in total. The van der Waals surface area contributed by atoms with Gasteiger partial charge in [-0.15, -0.1) is 0 Å². The Hall–Kier alpha value is -1.12. The molecule has 5 heteroatoms. The van der Waals surface area contributed by atoms with E-state index in [0.29, 0.717) is 13.0 Å². The lowest BCUT2D eigenvalue weighted by atomic mass is 10.0. The first-order valence-corrected chi connectivity index (χ1v) is 4.65. The zero-order chi connectivity index (χ0) is 10.4. The first kappa shape index (κ1) is 11.0. The van der Waals surface area contributed by atoms with Gasteiger partial charge in [-0.05, 0) is 6.92 Å². The summed E-state index contributed by atoms with van der Waals surface area (Å²) in [6.07, 6.45) is 0.338. The molecule has 14 heavy (non-hydrogen) atoms. The molecule has 2 N–H and O–H groups in total. The van der Waals surface area contributed by atoms with Crippen molar-refractivity contribution >= 4 is 5.91 Å². The summed E-state index contributed by atoms with van der Waals surface area (Å²) in [5.74, 6) is -0.159. The summed E-state index contributed by atoms with van der Waals surface area (Å²) in [5, 5.41) is 13.9. The molecule has 1 aliphatic rings. The third kappa shape index (κ3) is 3.32. The Morgan fingerprint density at radius 2 is 2.43 bits per heavy atom. The highest BCUT2D eigenvalue weighted by Gasteiger charge is 2.32. The molecule has 0 aromatic heterocycles. The van der Waals surface area contributed by atoms with E-state index in [0.717, 1.165) is 13.1 Å². The van der Waals surface area contributed by atoms with Crippen LogP contribution in [0.2, 0.25) is 0 Å². The minimum Gasteiger partial charge on any atom is -0.363 e. The predicted octanol–water partition coefficient (Wildman–Crippen LogP) is -0.605. The molecule has 0 aliphatic carbocycles. The standard InChI is InChI=1S/C9H15N3O2/c1-9(6-11-7-9)14-5-8(13)12-4-2-3-10/h11H,2,4-7H2,1H3,(H,12,13). The number of hydrogen-bond donors (Lipinski definition) is 2. The number of ether oxygens (including phenoxy) is 1. The number of nitrogens with one attached hydrogen (secondary N) is 2. The predicted molar refractivity (Wildman–Crippen MR) is 50.5 cm³/mol. The van der Waals surface area contributed by atoms with E-state index in [1.54, 1.807) is 0 Å². The molecule has 1 rings (SSSR count). The lowest BCUT2D eigenvalue weighted by Crippen LogP contribution is -2.59. The molecule has 0 unspecified atom stereocenters. The van der Waals surface area contributed by atoms with Gasteiger partial charge in [0.15, 0.2) is 0 Å². The number of hydrogen-bond acceptors (Lipinski definition) is 4. The number of amides is 1. The maximum absolute atomic E-state index is 11.1. The van der Waals surface area contributed by atoms with Gasteiger partial charge in [-0.2, -0.15) is 5.26 Å². The van der Waals surface area contributed by atoms with E-state index in [2.05, 4.69) is 10.6 Å². The van der Waals surface area contributed by atoms with E-state index in [1.807, 2.05) is 13.0 Å². The first-order chi connectivity index (χ1) is 6.66. The summed E-state index contributed by atoms with van der Waals surface area (Å²) < 4.78 is 5.40. The Morgan fingerprint density at radius 1 is 1.71 bits per heavy atom. The van der Waals surface area contributed by atoms with Crippen molar-refractivity contribution in [3.8, 4) is 6.07 Å². The monoisotopic (exact) mass is 197 g/mol. The van der Waals surface area contributed by atoms with Gasteiger partial charge in [0.1, 0.15) is 6.61 Å². The molecule has 1 aliphatic heterocycles. The van der Waals surface area contributed by atoms with Crippen molar-refractivity contribution in [3.63, 3.8) is 0 Å². The SMILES string of the molecule is CC1(OCC(=O)NCCC#N)CNC1. The molecule has 0 bridgehead atoms. The Kier molecular flexibility index (Phi) is 3.86. The van der Waals surface area contributed by atoms with Crippen LogP contribution in [0.15, 0.2) is 0 Å². The molecule has 0 aromatic rings. The largest absolute Gasteiger partial charge is 0.363 e. The van der Waals surface area contributed by atoms with Gasteiger partial charge in [-0.3, -0.25) is 4.79 Å². The van der Waals surface area contributed by atoms with E-state index in [9.17, 15) is 4.79 Å². The van der Waals surface area contributed by atoms with Crippen molar-refractivity contribution in [2.24, 2.45) is 0 Å². The van der Waals surface area contributed by atoms with Crippen LogP contribution in [0.25, 0.3) is 0 Å².